The average Bonchev–Trinajstić information content (AvgIpc) is 3.04. The normalized spacial score (nSPS) is 13.2. The second-order valence-electron chi connectivity index (χ2n) is 10.2. The summed E-state index contributed by atoms with van der Waals surface area (Å²) in [7, 11) is 3.54. The van der Waals surface area contributed by atoms with Crippen LogP contribution < -0.4 is 14.5 Å². The van der Waals surface area contributed by atoms with Crippen LogP contribution in [0, 0.1) is 0 Å². The van der Waals surface area contributed by atoms with Crippen molar-refractivity contribution in [1.29, 1.82) is 0 Å². The third kappa shape index (κ3) is 7.38. The number of anilines is 2. The number of benzene rings is 3. The van der Waals surface area contributed by atoms with Crippen molar-refractivity contribution in [3.63, 3.8) is 0 Å². The van der Waals surface area contributed by atoms with Gasteiger partial charge in [0.1, 0.15) is 11.6 Å². The van der Waals surface area contributed by atoms with Crippen LogP contribution in [0.4, 0.5) is 11.5 Å². The fourth-order valence-electron chi connectivity index (χ4n) is 4.95. The minimum atomic E-state index is 0.0148. The van der Waals surface area contributed by atoms with E-state index in [-0.39, 0.29) is 5.91 Å². The van der Waals surface area contributed by atoms with Gasteiger partial charge in [0, 0.05) is 68.5 Å². The molecule has 0 spiro atoms. The number of hydrogen-bond donors (Lipinski definition) is 0. The van der Waals surface area contributed by atoms with E-state index in [0.29, 0.717) is 17.9 Å². The fraction of sp³-hybridized carbons (Fsp3) is 0.303. The summed E-state index contributed by atoms with van der Waals surface area (Å²) in [6.45, 7) is 6.37. The van der Waals surface area contributed by atoms with E-state index >= 15 is 0 Å². The van der Waals surface area contributed by atoms with Crippen LogP contribution in [0.15, 0.2) is 90.1 Å². The van der Waals surface area contributed by atoms with Crippen LogP contribution in [0.3, 0.4) is 0 Å². The van der Waals surface area contributed by atoms with Gasteiger partial charge >= 0.3 is 0 Å². The Morgan fingerprint density at radius 3 is 2.29 bits per heavy atom. The molecule has 212 valence electrons. The quantitative estimate of drug-likeness (QED) is 0.174. The lowest BCUT2D eigenvalue weighted by atomic mass is 10.1. The number of aromatic nitrogens is 2. The smallest absolute Gasteiger partial charge is 0.253 e. The van der Waals surface area contributed by atoms with Crippen LogP contribution in [0.25, 0.3) is 0 Å². The summed E-state index contributed by atoms with van der Waals surface area (Å²) >= 11 is 1.62. The van der Waals surface area contributed by atoms with Gasteiger partial charge in [-0.2, -0.15) is 0 Å². The fourth-order valence-corrected chi connectivity index (χ4v) is 5.76. The van der Waals surface area contributed by atoms with E-state index in [1.807, 2.05) is 67.7 Å². The standard InChI is InChI=1S/C33H37N5O2S/c1-4-28-22-31(38-19-17-37(18-20-38)29-13-15-30(40-3)16-14-29)35-33(34-28)41-24-26-11-8-12-27(21-26)32(39)36(2)23-25-9-6-5-7-10-25/h5-16,21-22H,4,17-20,23-24H2,1-3H3. The Morgan fingerprint density at radius 1 is 0.878 bits per heavy atom. The zero-order valence-corrected chi connectivity index (χ0v) is 24.8. The summed E-state index contributed by atoms with van der Waals surface area (Å²) in [6, 6.07) is 28.3. The molecule has 5 rings (SSSR count). The van der Waals surface area contributed by atoms with Gasteiger partial charge in [-0.1, -0.05) is 61.2 Å². The van der Waals surface area contributed by atoms with Gasteiger partial charge in [-0.05, 0) is 53.9 Å². The Bertz CT molecular complexity index is 1440. The zero-order valence-electron chi connectivity index (χ0n) is 24.0. The van der Waals surface area contributed by atoms with Gasteiger partial charge in [-0.3, -0.25) is 4.79 Å². The molecule has 0 aliphatic carbocycles. The zero-order chi connectivity index (χ0) is 28.6. The molecule has 1 aliphatic heterocycles. The molecule has 41 heavy (non-hydrogen) atoms. The van der Waals surface area contributed by atoms with Gasteiger partial charge < -0.3 is 19.4 Å². The molecule has 1 aliphatic rings. The van der Waals surface area contributed by atoms with Crippen LogP contribution in [-0.2, 0) is 18.7 Å². The number of amides is 1. The van der Waals surface area contributed by atoms with Crippen LogP contribution in [-0.4, -0.2) is 61.1 Å². The number of nitrogens with zero attached hydrogens (tertiary/aromatic N) is 5. The monoisotopic (exact) mass is 567 g/mol. The number of carbonyl (C=O) groups is 1. The van der Waals surface area contributed by atoms with E-state index in [4.69, 9.17) is 14.7 Å². The molecule has 0 N–H and O–H groups in total. The molecule has 3 aromatic carbocycles. The third-order valence-corrected chi connectivity index (χ3v) is 8.22. The van der Waals surface area contributed by atoms with Crippen molar-refractivity contribution >= 4 is 29.2 Å². The van der Waals surface area contributed by atoms with Gasteiger partial charge in [0.15, 0.2) is 5.16 Å². The molecule has 2 heterocycles. The highest BCUT2D eigenvalue weighted by atomic mass is 32.2. The second kappa shape index (κ2) is 13.5. The molecule has 1 amide bonds. The lowest BCUT2D eigenvalue weighted by molar-refractivity contribution is 0.0785. The Hall–Kier alpha value is -4.04. The lowest BCUT2D eigenvalue weighted by Crippen LogP contribution is -2.46. The molecule has 1 aromatic heterocycles. The van der Waals surface area contributed by atoms with E-state index < -0.39 is 0 Å². The van der Waals surface area contributed by atoms with Crippen molar-refractivity contribution in [2.45, 2.75) is 30.8 Å². The van der Waals surface area contributed by atoms with E-state index in [9.17, 15) is 4.79 Å². The molecule has 8 heteroatoms. The van der Waals surface area contributed by atoms with Gasteiger partial charge in [-0.25, -0.2) is 9.97 Å². The van der Waals surface area contributed by atoms with Gasteiger partial charge in [-0.15, -0.1) is 0 Å². The van der Waals surface area contributed by atoms with Crippen molar-refractivity contribution in [3.05, 3.63) is 107 Å². The largest absolute Gasteiger partial charge is 0.497 e. The van der Waals surface area contributed by atoms with Crippen molar-refractivity contribution in [2.24, 2.45) is 0 Å². The molecule has 0 bridgehead atoms. The van der Waals surface area contributed by atoms with E-state index in [2.05, 4.69) is 41.0 Å². The Labute approximate surface area is 247 Å². The summed E-state index contributed by atoms with van der Waals surface area (Å²) in [5.41, 5.74) is 5.14. The van der Waals surface area contributed by atoms with Crippen molar-refractivity contribution in [1.82, 2.24) is 14.9 Å². The number of thioether (sulfide) groups is 1. The molecule has 0 saturated carbocycles. The topological polar surface area (TPSA) is 61.8 Å². The summed E-state index contributed by atoms with van der Waals surface area (Å²) < 4.78 is 5.30. The predicted molar refractivity (Wildman–Crippen MR) is 167 cm³/mol. The summed E-state index contributed by atoms with van der Waals surface area (Å²) in [4.78, 5) is 29.4. The van der Waals surface area contributed by atoms with Crippen LogP contribution in [0.1, 0.15) is 34.1 Å². The molecule has 1 saturated heterocycles. The van der Waals surface area contributed by atoms with E-state index in [1.165, 1.54) is 5.69 Å². The number of methoxy groups -OCH3 is 1. The van der Waals surface area contributed by atoms with Gasteiger partial charge in [0.2, 0.25) is 0 Å². The summed E-state index contributed by atoms with van der Waals surface area (Å²) in [5.74, 6) is 2.57. The first kappa shape index (κ1) is 28.5. The van der Waals surface area contributed by atoms with Gasteiger partial charge in [0.25, 0.3) is 5.91 Å². The maximum Gasteiger partial charge on any atom is 0.253 e. The van der Waals surface area contributed by atoms with Crippen molar-refractivity contribution < 1.29 is 9.53 Å². The SMILES string of the molecule is CCc1cc(N2CCN(c3ccc(OC)cc3)CC2)nc(SCc2cccc(C(=O)N(C)Cc3ccccc3)c2)n1. The Morgan fingerprint density at radius 2 is 1.59 bits per heavy atom. The van der Waals surface area contributed by atoms with Crippen molar-refractivity contribution in [2.75, 3.05) is 50.1 Å². The highest BCUT2D eigenvalue weighted by molar-refractivity contribution is 7.98. The average molecular weight is 568 g/mol. The van der Waals surface area contributed by atoms with E-state index in [0.717, 1.165) is 66.1 Å². The molecule has 0 unspecified atom stereocenters. The first-order chi connectivity index (χ1) is 20.0. The maximum atomic E-state index is 13.1. The number of aryl methyl sites for hydroxylation is 1. The van der Waals surface area contributed by atoms with Gasteiger partial charge in [0.05, 0.1) is 7.11 Å². The number of hydrogen-bond acceptors (Lipinski definition) is 7. The molecule has 7 nitrogen and oxygen atoms in total. The molecule has 0 radical (unpaired) electrons. The summed E-state index contributed by atoms with van der Waals surface area (Å²) in [6.07, 6.45) is 0.854. The Kier molecular flexibility index (Phi) is 9.41. The highest BCUT2D eigenvalue weighted by Gasteiger charge is 2.20. The molecular formula is C33H37N5O2S. The van der Waals surface area contributed by atoms with Crippen molar-refractivity contribution in [3.8, 4) is 5.75 Å². The first-order valence-corrected chi connectivity index (χ1v) is 15.0. The number of carbonyl (C=O) groups excluding carboxylic acids is 1. The molecule has 4 aromatic rings. The number of rotatable bonds is 10. The lowest BCUT2D eigenvalue weighted by Gasteiger charge is -2.37. The highest BCUT2D eigenvalue weighted by Crippen LogP contribution is 2.26. The Balaban J connectivity index is 1.21. The van der Waals surface area contributed by atoms with Crippen LogP contribution in [0.5, 0.6) is 5.75 Å². The first-order valence-electron chi connectivity index (χ1n) is 14.1. The van der Waals surface area contributed by atoms with Crippen LogP contribution >= 0.6 is 11.8 Å². The molecule has 0 atom stereocenters. The number of ether oxygens (including phenoxy) is 1. The summed E-state index contributed by atoms with van der Waals surface area (Å²) in [5, 5.41) is 0.773. The van der Waals surface area contributed by atoms with E-state index in [1.54, 1.807) is 23.8 Å². The molecule has 1 fully saturated rings. The van der Waals surface area contributed by atoms with Crippen LogP contribution in [0.2, 0.25) is 0 Å². The minimum absolute atomic E-state index is 0.0148. The number of piperazine rings is 1. The predicted octanol–water partition coefficient (Wildman–Crippen LogP) is 5.94. The molecular weight excluding hydrogens is 530 g/mol. The second-order valence-corrected chi connectivity index (χ2v) is 11.1. The third-order valence-electron chi connectivity index (χ3n) is 7.30. The maximum absolute atomic E-state index is 13.1. The minimum Gasteiger partial charge on any atom is -0.497 e.